The molecule has 0 aliphatic rings. The van der Waals surface area contributed by atoms with Crippen LogP contribution in [0.3, 0.4) is 0 Å². The largest absolute Gasteiger partial charge is 0.476 e. The predicted octanol–water partition coefficient (Wildman–Crippen LogP) is 2.60. The Kier molecular flexibility index (Phi) is 3.76. The molecule has 2 rings (SSSR count). The van der Waals surface area contributed by atoms with Crippen LogP contribution in [0, 0.1) is 11.6 Å². The first-order valence-electron chi connectivity index (χ1n) is 6.32. The van der Waals surface area contributed by atoms with Gasteiger partial charge >= 0.3 is 5.97 Å². The van der Waals surface area contributed by atoms with E-state index in [2.05, 4.69) is 10.3 Å². The number of aromatic carboxylic acids is 1. The van der Waals surface area contributed by atoms with Crippen LogP contribution in [0.25, 0.3) is 0 Å². The molecular formula is C14H15F2N3O2. The summed E-state index contributed by atoms with van der Waals surface area (Å²) in [4.78, 5) is 11.2. The molecule has 5 nitrogen and oxygen atoms in total. The number of hydrogen-bond donors (Lipinski definition) is 1. The first kappa shape index (κ1) is 15.1. The van der Waals surface area contributed by atoms with Crippen LogP contribution in [-0.2, 0) is 12.0 Å². The molecule has 0 atom stereocenters. The van der Waals surface area contributed by atoms with Gasteiger partial charge in [0, 0.05) is 11.0 Å². The highest BCUT2D eigenvalue weighted by molar-refractivity contribution is 5.86. The number of aromatic nitrogens is 3. The molecule has 21 heavy (non-hydrogen) atoms. The number of benzene rings is 1. The smallest absolute Gasteiger partial charge is 0.358 e. The second-order valence-corrected chi connectivity index (χ2v) is 5.70. The Balaban J connectivity index is 2.53. The Morgan fingerprint density at radius 3 is 2.33 bits per heavy atom. The van der Waals surface area contributed by atoms with Gasteiger partial charge in [-0.25, -0.2) is 18.3 Å². The lowest BCUT2D eigenvalue weighted by Crippen LogP contribution is -2.22. The van der Waals surface area contributed by atoms with E-state index in [4.69, 9.17) is 5.11 Å². The van der Waals surface area contributed by atoms with Crippen molar-refractivity contribution in [2.24, 2.45) is 0 Å². The molecule has 0 spiro atoms. The number of carboxylic acids is 1. The number of rotatable bonds is 3. The van der Waals surface area contributed by atoms with Crippen molar-refractivity contribution in [3.63, 3.8) is 0 Å². The first-order valence-corrected chi connectivity index (χ1v) is 6.32. The lowest BCUT2D eigenvalue weighted by Gasteiger charge is -2.20. The minimum absolute atomic E-state index is 0.176. The van der Waals surface area contributed by atoms with E-state index in [0.717, 1.165) is 12.1 Å². The van der Waals surface area contributed by atoms with Gasteiger partial charge in [-0.3, -0.25) is 0 Å². The van der Waals surface area contributed by atoms with Crippen molar-refractivity contribution >= 4 is 5.97 Å². The summed E-state index contributed by atoms with van der Waals surface area (Å²) in [6.45, 7) is 5.14. The average Bonchev–Trinajstić information content (AvgIpc) is 2.77. The highest BCUT2D eigenvalue weighted by atomic mass is 19.1. The molecule has 7 heteroatoms. The zero-order valence-electron chi connectivity index (χ0n) is 11.9. The number of nitrogens with zero attached hydrogens (tertiary/aromatic N) is 3. The molecule has 2 aromatic rings. The van der Waals surface area contributed by atoms with Gasteiger partial charge < -0.3 is 5.11 Å². The van der Waals surface area contributed by atoms with E-state index in [0.29, 0.717) is 5.69 Å². The molecule has 1 aromatic carbocycles. The molecule has 0 aliphatic carbocycles. The molecule has 0 fully saturated rings. The summed E-state index contributed by atoms with van der Waals surface area (Å²) in [5.41, 5.74) is -0.652. The van der Waals surface area contributed by atoms with Gasteiger partial charge in [0.25, 0.3) is 0 Å². The van der Waals surface area contributed by atoms with Crippen molar-refractivity contribution < 1.29 is 18.7 Å². The summed E-state index contributed by atoms with van der Waals surface area (Å²) in [6.07, 6.45) is 0. The highest BCUT2D eigenvalue weighted by Gasteiger charge is 2.29. The molecule has 112 valence electrons. The van der Waals surface area contributed by atoms with Crippen LogP contribution < -0.4 is 0 Å². The third kappa shape index (κ3) is 2.91. The lowest BCUT2D eigenvalue weighted by atomic mass is 9.90. The van der Waals surface area contributed by atoms with E-state index in [-0.39, 0.29) is 17.8 Å². The van der Waals surface area contributed by atoms with Crippen LogP contribution >= 0.6 is 0 Å². The highest BCUT2D eigenvalue weighted by Crippen LogP contribution is 2.26. The van der Waals surface area contributed by atoms with Crippen LogP contribution in [0.15, 0.2) is 18.2 Å². The van der Waals surface area contributed by atoms with Crippen LogP contribution in [-0.4, -0.2) is 26.1 Å². The van der Waals surface area contributed by atoms with Crippen LogP contribution in [0.1, 0.15) is 42.5 Å². The van der Waals surface area contributed by atoms with E-state index in [1.807, 2.05) is 0 Å². The quantitative estimate of drug-likeness (QED) is 0.945. The van der Waals surface area contributed by atoms with Crippen molar-refractivity contribution in [1.82, 2.24) is 15.0 Å². The fourth-order valence-electron chi connectivity index (χ4n) is 2.14. The van der Waals surface area contributed by atoms with Gasteiger partial charge in [0.15, 0.2) is 5.69 Å². The fraction of sp³-hybridized carbons (Fsp3) is 0.357. The summed E-state index contributed by atoms with van der Waals surface area (Å²) in [5.74, 6) is -2.63. The van der Waals surface area contributed by atoms with Gasteiger partial charge in [0.05, 0.1) is 12.2 Å². The molecule has 1 N–H and O–H groups in total. The minimum atomic E-state index is -1.22. The topological polar surface area (TPSA) is 68.0 Å². The first-order chi connectivity index (χ1) is 9.71. The summed E-state index contributed by atoms with van der Waals surface area (Å²) < 4.78 is 28.7. The number of halogens is 2. The monoisotopic (exact) mass is 295 g/mol. The maximum atomic E-state index is 13.7. The van der Waals surface area contributed by atoms with Gasteiger partial charge in [0.1, 0.15) is 11.6 Å². The van der Waals surface area contributed by atoms with Crippen LogP contribution in [0.2, 0.25) is 0 Å². The minimum Gasteiger partial charge on any atom is -0.476 e. The molecule has 0 saturated carbocycles. The van der Waals surface area contributed by atoms with Crippen molar-refractivity contribution in [3.05, 3.63) is 46.8 Å². The Labute approximate surface area is 120 Å². The van der Waals surface area contributed by atoms with E-state index < -0.39 is 23.0 Å². The average molecular weight is 295 g/mol. The van der Waals surface area contributed by atoms with Crippen molar-refractivity contribution in [1.29, 1.82) is 0 Å². The zero-order chi connectivity index (χ0) is 15.8. The van der Waals surface area contributed by atoms with Crippen LogP contribution in [0.4, 0.5) is 8.78 Å². The summed E-state index contributed by atoms with van der Waals surface area (Å²) in [5, 5.41) is 16.5. The number of hydrogen-bond acceptors (Lipinski definition) is 3. The third-order valence-electron chi connectivity index (χ3n) is 3.02. The summed E-state index contributed by atoms with van der Waals surface area (Å²) in [6, 6.07) is 3.55. The maximum Gasteiger partial charge on any atom is 0.358 e. The summed E-state index contributed by atoms with van der Waals surface area (Å²) >= 11 is 0. The molecule has 0 unspecified atom stereocenters. The second-order valence-electron chi connectivity index (χ2n) is 5.70. The molecule has 0 saturated heterocycles. The fourth-order valence-corrected chi connectivity index (χ4v) is 2.14. The van der Waals surface area contributed by atoms with Crippen molar-refractivity contribution in [2.45, 2.75) is 32.7 Å². The summed E-state index contributed by atoms with van der Waals surface area (Å²) in [7, 11) is 0. The normalized spacial score (nSPS) is 11.7. The Morgan fingerprint density at radius 1 is 1.29 bits per heavy atom. The Bertz CT molecular complexity index is 670. The van der Waals surface area contributed by atoms with Gasteiger partial charge in [-0.15, -0.1) is 5.10 Å². The zero-order valence-corrected chi connectivity index (χ0v) is 11.9. The van der Waals surface area contributed by atoms with E-state index in [1.165, 1.54) is 10.7 Å². The lowest BCUT2D eigenvalue weighted by molar-refractivity contribution is 0.0687. The molecule has 1 heterocycles. The van der Waals surface area contributed by atoms with Gasteiger partial charge in [-0.1, -0.05) is 32.1 Å². The standard InChI is InChI=1S/C14H15F2N3O2/c1-14(2,3)12-11(13(20)21)17-18-19(12)7-8-9(15)5-4-6-10(8)16/h4-6H,7H2,1-3H3,(H,20,21). The van der Waals surface area contributed by atoms with E-state index in [1.54, 1.807) is 20.8 Å². The second kappa shape index (κ2) is 5.23. The van der Waals surface area contributed by atoms with Gasteiger partial charge in [0.2, 0.25) is 0 Å². The molecule has 1 aromatic heterocycles. The van der Waals surface area contributed by atoms with Crippen LogP contribution in [0.5, 0.6) is 0 Å². The SMILES string of the molecule is CC(C)(C)c1c(C(=O)O)nnn1Cc1c(F)cccc1F. The number of carbonyl (C=O) groups is 1. The number of carboxylic acid groups (broad SMARTS) is 1. The Morgan fingerprint density at radius 2 is 1.86 bits per heavy atom. The molecule has 0 amide bonds. The predicted molar refractivity (Wildman–Crippen MR) is 71.1 cm³/mol. The maximum absolute atomic E-state index is 13.7. The third-order valence-corrected chi connectivity index (χ3v) is 3.02. The van der Waals surface area contributed by atoms with E-state index >= 15 is 0 Å². The molecule has 0 aliphatic heterocycles. The molecule has 0 radical (unpaired) electrons. The molecular weight excluding hydrogens is 280 g/mol. The van der Waals surface area contributed by atoms with Crippen molar-refractivity contribution in [3.8, 4) is 0 Å². The Hall–Kier alpha value is -2.31. The molecule has 0 bridgehead atoms. The van der Waals surface area contributed by atoms with Crippen molar-refractivity contribution in [2.75, 3.05) is 0 Å². The van der Waals surface area contributed by atoms with Gasteiger partial charge in [-0.2, -0.15) is 0 Å². The van der Waals surface area contributed by atoms with Gasteiger partial charge in [-0.05, 0) is 12.1 Å². The van der Waals surface area contributed by atoms with E-state index in [9.17, 15) is 13.6 Å².